The van der Waals surface area contributed by atoms with Crippen molar-refractivity contribution in [3.05, 3.63) is 88.2 Å². The molecule has 9 nitrogen and oxygen atoms in total. The van der Waals surface area contributed by atoms with Crippen molar-refractivity contribution in [3.63, 3.8) is 0 Å². The lowest BCUT2D eigenvalue weighted by atomic mass is 9.88. The Hall–Kier alpha value is -4.29. The van der Waals surface area contributed by atoms with Gasteiger partial charge in [0.15, 0.2) is 23.1 Å². The van der Waals surface area contributed by atoms with Crippen LogP contribution in [0.15, 0.2) is 65.4 Å². The third-order valence-electron chi connectivity index (χ3n) is 8.02. The number of benzene rings is 2. The molecule has 1 aliphatic heterocycles. The fourth-order valence-electron chi connectivity index (χ4n) is 5.27. The minimum Gasteiger partial charge on any atom is -0.475 e. The number of Topliss-reactive ketones (excluding diaryl/α,β-unsaturated/α-hetero) is 2. The average Bonchev–Trinajstić information content (AvgIpc) is 3.85. The fraction of sp³-hybridized carbons (Fsp3) is 0.303. The molecule has 2 aromatic heterocycles. The number of nitrogens with zero attached hydrogens (tertiary/aromatic N) is 3. The Bertz CT molecular complexity index is 1780. The van der Waals surface area contributed by atoms with Crippen molar-refractivity contribution in [2.45, 2.75) is 25.7 Å². The van der Waals surface area contributed by atoms with Gasteiger partial charge in [-0.25, -0.2) is 13.8 Å². The van der Waals surface area contributed by atoms with Crippen LogP contribution in [0.2, 0.25) is 0 Å². The highest BCUT2D eigenvalue weighted by Crippen LogP contribution is 2.49. The van der Waals surface area contributed by atoms with E-state index in [-0.39, 0.29) is 55.2 Å². The number of hydrogen-bond acceptors (Lipinski definition) is 8. The summed E-state index contributed by atoms with van der Waals surface area (Å²) in [6.07, 6.45) is 3.89. The van der Waals surface area contributed by atoms with E-state index in [0.29, 0.717) is 64.8 Å². The highest BCUT2D eigenvalue weighted by molar-refractivity contribution is 9.10. The molecular weight excluding hydrogens is 652 g/mol. The molecule has 2 fully saturated rings. The van der Waals surface area contributed by atoms with Crippen molar-refractivity contribution in [3.8, 4) is 17.4 Å². The summed E-state index contributed by atoms with van der Waals surface area (Å²) in [5, 5.41) is 0.508. The van der Waals surface area contributed by atoms with Gasteiger partial charge in [0, 0.05) is 31.8 Å². The molecule has 2 aliphatic rings. The Morgan fingerprint density at radius 2 is 1.71 bits per heavy atom. The van der Waals surface area contributed by atoms with E-state index in [0.717, 1.165) is 0 Å². The Morgan fingerprint density at radius 1 is 0.978 bits per heavy atom. The smallest absolute Gasteiger partial charge is 0.248 e. The molecule has 0 radical (unpaired) electrons. The van der Waals surface area contributed by atoms with Crippen LogP contribution in [0.25, 0.3) is 10.9 Å². The summed E-state index contributed by atoms with van der Waals surface area (Å²) in [7, 11) is 0. The summed E-state index contributed by atoms with van der Waals surface area (Å²) < 4.78 is 45.8. The summed E-state index contributed by atoms with van der Waals surface area (Å²) in [5.41, 5.74) is 0.487. The lowest BCUT2D eigenvalue weighted by Gasteiger charge is -2.26. The molecule has 45 heavy (non-hydrogen) atoms. The van der Waals surface area contributed by atoms with Gasteiger partial charge >= 0.3 is 0 Å². The fourth-order valence-corrected chi connectivity index (χ4v) is 5.80. The molecule has 1 aliphatic carbocycles. The van der Waals surface area contributed by atoms with Crippen LogP contribution in [0, 0.1) is 17.0 Å². The molecule has 6 rings (SSSR count). The third-order valence-corrected chi connectivity index (χ3v) is 8.73. The van der Waals surface area contributed by atoms with Gasteiger partial charge in [-0.15, -0.1) is 0 Å². The van der Waals surface area contributed by atoms with Gasteiger partial charge in [-0.2, -0.15) is 0 Å². The van der Waals surface area contributed by atoms with Crippen LogP contribution in [0.4, 0.5) is 8.78 Å². The van der Waals surface area contributed by atoms with E-state index in [1.165, 1.54) is 48.8 Å². The number of carbonyl (C=O) groups is 3. The highest BCUT2D eigenvalue weighted by atomic mass is 79.9. The summed E-state index contributed by atoms with van der Waals surface area (Å²) >= 11 is 3.49. The van der Waals surface area contributed by atoms with Crippen LogP contribution in [0.5, 0.6) is 17.4 Å². The molecule has 2 aromatic carbocycles. The van der Waals surface area contributed by atoms with Crippen LogP contribution in [-0.4, -0.2) is 65.3 Å². The highest BCUT2D eigenvalue weighted by Gasteiger charge is 2.54. The summed E-state index contributed by atoms with van der Waals surface area (Å²) in [6.45, 7) is 1.67. The molecule has 0 bridgehead atoms. The molecule has 1 saturated carbocycles. The molecule has 0 spiro atoms. The monoisotopic (exact) mass is 679 g/mol. The number of aromatic nitrogens is 2. The zero-order chi connectivity index (χ0) is 31.6. The van der Waals surface area contributed by atoms with Crippen molar-refractivity contribution < 1.29 is 37.4 Å². The Balaban J connectivity index is 1.10. The van der Waals surface area contributed by atoms with Crippen molar-refractivity contribution >= 4 is 44.3 Å². The number of fused-ring (bicyclic) bond motifs is 1. The minimum absolute atomic E-state index is 0.0427. The molecule has 0 N–H and O–H groups in total. The summed E-state index contributed by atoms with van der Waals surface area (Å²) in [5.74, 6) is -1.07. The Morgan fingerprint density at radius 3 is 2.42 bits per heavy atom. The molecule has 12 heteroatoms. The SMILES string of the molecule is O=C1COCCN1CCOc1ncc2c(Oc3ccc(CC(=O)C4(C(=O)Cc5ccc(F)cc5)CC4)cc3F)ccnc2c1Br. The number of halogens is 3. The van der Waals surface area contributed by atoms with Crippen molar-refractivity contribution in [2.24, 2.45) is 5.41 Å². The van der Waals surface area contributed by atoms with Crippen molar-refractivity contribution in [1.29, 1.82) is 0 Å². The molecular formula is C33H28BrF2N3O6. The largest absolute Gasteiger partial charge is 0.475 e. The van der Waals surface area contributed by atoms with E-state index < -0.39 is 17.0 Å². The van der Waals surface area contributed by atoms with Gasteiger partial charge in [-0.05, 0) is 70.2 Å². The second kappa shape index (κ2) is 13.0. The third kappa shape index (κ3) is 6.71. The quantitative estimate of drug-likeness (QED) is 0.183. The molecule has 1 saturated heterocycles. The number of carbonyl (C=O) groups excluding carboxylic acids is 3. The van der Waals surface area contributed by atoms with Gasteiger partial charge in [0.25, 0.3) is 0 Å². The van der Waals surface area contributed by atoms with E-state index in [1.807, 2.05) is 0 Å². The van der Waals surface area contributed by atoms with Gasteiger partial charge < -0.3 is 19.1 Å². The van der Waals surface area contributed by atoms with E-state index in [2.05, 4.69) is 25.9 Å². The molecule has 1 amide bonds. The van der Waals surface area contributed by atoms with Crippen molar-refractivity contribution in [1.82, 2.24) is 14.9 Å². The number of ether oxygens (including phenoxy) is 3. The summed E-state index contributed by atoms with van der Waals surface area (Å²) in [6, 6.07) is 11.5. The maximum Gasteiger partial charge on any atom is 0.248 e. The molecule has 232 valence electrons. The average molecular weight is 681 g/mol. The van der Waals surface area contributed by atoms with Crippen LogP contribution in [0.3, 0.4) is 0 Å². The van der Waals surface area contributed by atoms with E-state index in [1.54, 1.807) is 17.0 Å². The summed E-state index contributed by atoms with van der Waals surface area (Å²) in [4.78, 5) is 48.5. The first kappa shape index (κ1) is 30.7. The lowest BCUT2D eigenvalue weighted by Crippen LogP contribution is -2.43. The van der Waals surface area contributed by atoms with Crippen LogP contribution in [0.1, 0.15) is 24.0 Å². The topological polar surface area (TPSA) is 108 Å². The van der Waals surface area contributed by atoms with E-state index in [9.17, 15) is 18.8 Å². The van der Waals surface area contributed by atoms with Gasteiger partial charge in [0.2, 0.25) is 11.8 Å². The first-order chi connectivity index (χ1) is 21.7. The first-order valence-electron chi connectivity index (χ1n) is 14.4. The second-order valence-electron chi connectivity index (χ2n) is 11.0. The van der Waals surface area contributed by atoms with Crippen LogP contribution in [-0.2, 0) is 32.0 Å². The molecule has 4 aromatic rings. The number of rotatable bonds is 12. The van der Waals surface area contributed by atoms with E-state index in [4.69, 9.17) is 14.2 Å². The molecule has 0 atom stereocenters. The Labute approximate surface area is 265 Å². The van der Waals surface area contributed by atoms with Gasteiger partial charge in [-0.1, -0.05) is 18.2 Å². The predicted molar refractivity (Wildman–Crippen MR) is 162 cm³/mol. The number of amides is 1. The number of pyridine rings is 2. The van der Waals surface area contributed by atoms with Crippen molar-refractivity contribution in [2.75, 3.05) is 32.9 Å². The number of morpholine rings is 1. The van der Waals surface area contributed by atoms with E-state index >= 15 is 4.39 Å². The molecule has 0 unspecified atom stereocenters. The standard InChI is InChI=1S/C33H28BrF2N3O6/c34-30-31-23(18-38-32(30)44-14-12-39-11-13-43-19-29(39)42)25(7-10-37-31)45-26-6-3-21(15-24(26)36)17-28(41)33(8-9-33)27(40)16-20-1-4-22(35)5-2-20/h1-7,10,15,18H,8-9,11-14,16-17,19H2. The zero-order valence-electron chi connectivity index (χ0n) is 24.1. The number of ketones is 2. The second-order valence-corrected chi connectivity index (χ2v) is 11.8. The maximum atomic E-state index is 15.2. The molecule has 3 heterocycles. The minimum atomic E-state index is -1.07. The predicted octanol–water partition coefficient (Wildman–Crippen LogP) is 5.40. The maximum absolute atomic E-state index is 15.2. The lowest BCUT2D eigenvalue weighted by molar-refractivity contribution is -0.143. The zero-order valence-corrected chi connectivity index (χ0v) is 25.6. The first-order valence-corrected chi connectivity index (χ1v) is 15.2. The normalized spacial score (nSPS) is 15.6. The van der Waals surface area contributed by atoms with Gasteiger partial charge in [0.05, 0.1) is 29.5 Å². The van der Waals surface area contributed by atoms with Gasteiger partial charge in [-0.3, -0.25) is 19.4 Å². The van der Waals surface area contributed by atoms with Crippen LogP contribution < -0.4 is 9.47 Å². The Kier molecular flexibility index (Phi) is 8.86. The van der Waals surface area contributed by atoms with Gasteiger partial charge in [0.1, 0.15) is 29.3 Å². The van der Waals surface area contributed by atoms with Crippen LogP contribution >= 0.6 is 15.9 Å². The number of hydrogen-bond donors (Lipinski definition) is 0.